The van der Waals surface area contributed by atoms with E-state index in [1.54, 1.807) is 31.2 Å². The van der Waals surface area contributed by atoms with Crippen molar-refractivity contribution >= 4 is 35.0 Å². The molecule has 1 amide bonds. The molecule has 9 nitrogen and oxygen atoms in total. The number of amides is 1. The number of carbonyl (C=O) groups is 2. The van der Waals surface area contributed by atoms with Crippen LogP contribution in [0.2, 0.25) is 5.02 Å². The highest BCUT2D eigenvalue weighted by Crippen LogP contribution is 2.31. The highest BCUT2D eigenvalue weighted by molar-refractivity contribution is 6.30. The summed E-state index contributed by atoms with van der Waals surface area (Å²) in [5.41, 5.74) is 1.39. The third-order valence-electron chi connectivity index (χ3n) is 6.46. The number of esters is 1. The fraction of sp³-hybridized carbons (Fsp3) is 0.393. The second-order valence-corrected chi connectivity index (χ2v) is 9.66. The van der Waals surface area contributed by atoms with E-state index in [0.29, 0.717) is 35.5 Å². The van der Waals surface area contributed by atoms with Crippen LogP contribution in [0.25, 0.3) is 0 Å². The third-order valence-corrected chi connectivity index (χ3v) is 6.72. The number of rotatable bonds is 10. The van der Waals surface area contributed by atoms with Crippen LogP contribution in [0.3, 0.4) is 0 Å². The minimum absolute atomic E-state index is 0.177. The Morgan fingerprint density at radius 3 is 2.16 bits per heavy atom. The number of benzene rings is 2. The Bertz CT molecular complexity index is 1250. The molecule has 0 spiro atoms. The smallest absolute Gasteiger partial charge is 0.456 e. The fourth-order valence-electron chi connectivity index (χ4n) is 4.35. The topological polar surface area (TPSA) is 108 Å². The van der Waals surface area contributed by atoms with Gasteiger partial charge in [-0.2, -0.15) is 0 Å². The molecule has 1 aromatic heterocycles. The molecule has 1 fully saturated rings. The Morgan fingerprint density at radius 1 is 0.895 bits per heavy atom. The van der Waals surface area contributed by atoms with Crippen molar-refractivity contribution in [1.29, 1.82) is 0 Å². The van der Waals surface area contributed by atoms with Crippen LogP contribution in [0.1, 0.15) is 37.2 Å². The second kappa shape index (κ2) is 13.3. The lowest BCUT2D eigenvalue weighted by atomic mass is 9.83. The first-order chi connectivity index (χ1) is 18.4. The number of nitrogens with zero attached hydrogens (tertiary/aromatic N) is 1. The van der Waals surface area contributed by atoms with Gasteiger partial charge in [-0.25, -0.2) is 19.3 Å². The molecule has 1 aliphatic carbocycles. The highest BCUT2D eigenvalue weighted by atomic mass is 35.5. The molecule has 202 valence electrons. The van der Waals surface area contributed by atoms with Crippen molar-refractivity contribution in [2.45, 2.75) is 39.2 Å². The summed E-state index contributed by atoms with van der Waals surface area (Å²) < 4.78 is 25.8. The number of carbonyl (C=O) groups excluding carboxylic acids is 2. The monoisotopic (exact) mass is 543 g/mol. The van der Waals surface area contributed by atoms with E-state index < -0.39 is 17.9 Å². The Hall–Kier alpha value is -3.56. The van der Waals surface area contributed by atoms with E-state index in [4.69, 9.17) is 34.6 Å². The van der Waals surface area contributed by atoms with Gasteiger partial charge in [-0.15, -0.1) is 0 Å². The number of halogens is 1. The molecule has 0 atom stereocenters. The lowest BCUT2D eigenvalue weighted by Gasteiger charge is -2.29. The molecule has 2 aromatic carbocycles. The summed E-state index contributed by atoms with van der Waals surface area (Å²) in [5, 5.41) is 0.590. The van der Waals surface area contributed by atoms with Crippen LogP contribution >= 0.6 is 11.6 Å². The van der Waals surface area contributed by atoms with Gasteiger partial charge >= 0.3 is 17.9 Å². The van der Waals surface area contributed by atoms with Gasteiger partial charge in [0.2, 0.25) is 0 Å². The van der Waals surface area contributed by atoms with Gasteiger partial charge in [0.25, 0.3) is 0 Å². The van der Waals surface area contributed by atoms with E-state index in [1.807, 2.05) is 30.3 Å². The molecule has 1 saturated carbocycles. The molecule has 0 N–H and O–H groups in total. The zero-order valence-corrected chi connectivity index (χ0v) is 21.9. The van der Waals surface area contributed by atoms with Crippen LogP contribution in [0.15, 0.2) is 68.2 Å². The summed E-state index contributed by atoms with van der Waals surface area (Å²) in [6.07, 6.45) is 3.19. The minimum atomic E-state index is -0.828. The van der Waals surface area contributed by atoms with E-state index in [2.05, 4.69) is 0 Å². The van der Waals surface area contributed by atoms with E-state index in [1.165, 1.54) is 4.90 Å². The van der Waals surface area contributed by atoms with Crippen LogP contribution in [-0.4, -0.2) is 31.9 Å². The molecule has 0 saturated heterocycles. The molecule has 0 aliphatic heterocycles. The number of anilines is 2. The predicted octanol–water partition coefficient (Wildman–Crippen LogP) is 6.04. The molecule has 1 heterocycles. The van der Waals surface area contributed by atoms with Gasteiger partial charge in [-0.05, 0) is 80.8 Å². The van der Waals surface area contributed by atoms with Crippen LogP contribution < -0.4 is 10.7 Å². The lowest BCUT2D eigenvalue weighted by Crippen LogP contribution is -2.30. The van der Waals surface area contributed by atoms with Crippen LogP contribution in [0, 0.1) is 18.8 Å². The summed E-state index contributed by atoms with van der Waals surface area (Å²) in [6, 6.07) is 16.4. The van der Waals surface area contributed by atoms with Crippen molar-refractivity contribution in [2.75, 3.05) is 24.7 Å². The summed E-state index contributed by atoms with van der Waals surface area (Å²) in [6.45, 7) is 1.97. The number of ether oxygens (including phenoxy) is 3. The first kappa shape index (κ1) is 27.5. The van der Waals surface area contributed by atoms with Gasteiger partial charge in [-0.3, -0.25) is 0 Å². The van der Waals surface area contributed by atoms with Crippen molar-refractivity contribution in [3.8, 4) is 0 Å². The predicted molar refractivity (Wildman–Crippen MR) is 139 cm³/mol. The molecule has 0 unspecified atom stereocenters. The molecule has 3 aromatic rings. The molecule has 4 rings (SSSR count). The molecular weight excluding hydrogens is 514 g/mol. The van der Waals surface area contributed by atoms with E-state index >= 15 is 0 Å². The molecule has 10 heteroatoms. The molecule has 0 bridgehead atoms. The molecular formula is C28H30ClNO8. The SMILES string of the molecule is Cc1oc(=O)oc1COC(=O)COCC1CCC(COC(=O)N(c2ccccc2)c2ccc(Cl)cc2)CC1. The van der Waals surface area contributed by atoms with Gasteiger partial charge in [-0.1, -0.05) is 29.8 Å². The van der Waals surface area contributed by atoms with Crippen molar-refractivity contribution in [1.82, 2.24) is 0 Å². The minimum Gasteiger partial charge on any atom is -0.456 e. The van der Waals surface area contributed by atoms with E-state index in [9.17, 15) is 14.4 Å². The first-order valence-electron chi connectivity index (χ1n) is 12.5. The van der Waals surface area contributed by atoms with Crippen molar-refractivity contribution in [3.63, 3.8) is 0 Å². The van der Waals surface area contributed by atoms with E-state index in [-0.39, 0.29) is 30.7 Å². The average molecular weight is 544 g/mol. The largest absolute Gasteiger partial charge is 0.519 e. The Morgan fingerprint density at radius 2 is 1.53 bits per heavy atom. The summed E-state index contributed by atoms with van der Waals surface area (Å²) in [7, 11) is 0. The third kappa shape index (κ3) is 7.72. The molecule has 38 heavy (non-hydrogen) atoms. The number of aryl methyl sites for hydroxylation is 1. The Kier molecular flexibility index (Phi) is 9.62. The van der Waals surface area contributed by atoms with Crippen LogP contribution in [0.4, 0.5) is 16.2 Å². The first-order valence-corrected chi connectivity index (χ1v) is 12.9. The quantitative estimate of drug-likeness (QED) is 0.285. The van der Waals surface area contributed by atoms with E-state index in [0.717, 1.165) is 25.7 Å². The van der Waals surface area contributed by atoms with Gasteiger partial charge in [0, 0.05) is 5.02 Å². The van der Waals surface area contributed by atoms with Crippen molar-refractivity contribution < 1.29 is 32.6 Å². The van der Waals surface area contributed by atoms with Gasteiger partial charge < -0.3 is 23.0 Å². The Labute approximate surface area is 225 Å². The second-order valence-electron chi connectivity index (χ2n) is 9.22. The maximum absolute atomic E-state index is 13.1. The average Bonchev–Trinajstić information content (AvgIpc) is 3.25. The summed E-state index contributed by atoms with van der Waals surface area (Å²) in [4.78, 5) is 37.5. The fourth-order valence-corrected chi connectivity index (χ4v) is 4.47. The summed E-state index contributed by atoms with van der Waals surface area (Å²) >= 11 is 6.02. The van der Waals surface area contributed by atoms with Gasteiger partial charge in [0.15, 0.2) is 18.1 Å². The maximum atomic E-state index is 13.1. The number of hydrogen-bond acceptors (Lipinski definition) is 8. The summed E-state index contributed by atoms with van der Waals surface area (Å²) in [5.74, 6) is -0.330. The van der Waals surface area contributed by atoms with Crippen LogP contribution in [-0.2, 0) is 25.6 Å². The normalized spacial score (nSPS) is 17.1. The standard InChI is InChI=1S/C28H30ClNO8/c1-19-25(38-28(33)37-19)17-35-26(31)18-34-15-20-7-9-21(10-8-20)16-36-27(32)30(23-5-3-2-4-6-23)24-13-11-22(29)12-14-24/h2-6,11-14,20-21H,7-10,15-18H2,1H3. The van der Waals surface area contributed by atoms with Gasteiger partial charge in [0.1, 0.15) is 6.61 Å². The van der Waals surface area contributed by atoms with Gasteiger partial charge in [0.05, 0.1) is 24.6 Å². The number of hydrogen-bond donors (Lipinski definition) is 0. The van der Waals surface area contributed by atoms with Crippen LogP contribution in [0.5, 0.6) is 0 Å². The van der Waals surface area contributed by atoms with Crippen molar-refractivity contribution in [2.24, 2.45) is 11.8 Å². The lowest BCUT2D eigenvalue weighted by molar-refractivity contribution is -0.151. The van der Waals surface area contributed by atoms with Crippen molar-refractivity contribution in [3.05, 3.63) is 81.8 Å². The zero-order valence-electron chi connectivity index (χ0n) is 21.1. The number of para-hydroxylation sites is 1. The zero-order chi connectivity index (χ0) is 26.9. The molecule has 1 aliphatic rings. The Balaban J connectivity index is 1.17. The molecule has 0 radical (unpaired) electrons. The maximum Gasteiger partial charge on any atom is 0.519 e. The highest BCUT2D eigenvalue weighted by Gasteiger charge is 2.25.